The van der Waals surface area contributed by atoms with Crippen LogP contribution in [0.2, 0.25) is 0 Å². The van der Waals surface area contributed by atoms with Crippen molar-refractivity contribution >= 4 is 35.8 Å². The Balaban J connectivity index is 0.00000220. The molecule has 0 saturated heterocycles. The van der Waals surface area contributed by atoms with E-state index in [1.54, 1.807) is 0 Å². The number of hydrogen-bond acceptors (Lipinski definition) is 2. The molecular weight excluding hydrogens is 379 g/mol. The van der Waals surface area contributed by atoms with E-state index in [4.69, 9.17) is 0 Å². The van der Waals surface area contributed by atoms with Gasteiger partial charge in [-0.25, -0.2) is 0 Å². The summed E-state index contributed by atoms with van der Waals surface area (Å²) in [7, 11) is 0. The fraction of sp³-hybridized carbons (Fsp3) is 0.867. The van der Waals surface area contributed by atoms with Gasteiger partial charge in [0.2, 0.25) is 5.91 Å². The molecule has 0 spiro atoms. The van der Waals surface area contributed by atoms with Crippen molar-refractivity contribution in [3.05, 3.63) is 0 Å². The Kier molecular flexibility index (Phi) is 9.03. The van der Waals surface area contributed by atoms with E-state index in [2.05, 4.69) is 27.9 Å². The van der Waals surface area contributed by atoms with E-state index in [0.29, 0.717) is 12.5 Å². The standard InChI is InChI=1S/C15H28N4O.HI/c1-2-16-15(18-9-3-4-12-5-6-12)19-11-10-17-14(20)13-7-8-13;/h12-13H,2-11H2,1H3,(H,17,20)(H2,16,18,19);1H. The summed E-state index contributed by atoms with van der Waals surface area (Å²) in [6.07, 6.45) is 7.46. The first-order valence-corrected chi connectivity index (χ1v) is 8.09. The normalized spacial score (nSPS) is 17.9. The van der Waals surface area contributed by atoms with Crippen molar-refractivity contribution in [2.75, 3.05) is 26.2 Å². The van der Waals surface area contributed by atoms with E-state index in [-0.39, 0.29) is 29.9 Å². The molecule has 1 amide bonds. The van der Waals surface area contributed by atoms with Gasteiger partial charge in [-0.15, -0.1) is 24.0 Å². The molecule has 3 N–H and O–H groups in total. The predicted molar refractivity (Wildman–Crippen MR) is 97.1 cm³/mol. The molecule has 0 heterocycles. The summed E-state index contributed by atoms with van der Waals surface area (Å²) < 4.78 is 0. The first-order valence-electron chi connectivity index (χ1n) is 8.09. The lowest BCUT2D eigenvalue weighted by Crippen LogP contribution is -2.41. The molecule has 2 saturated carbocycles. The molecule has 0 unspecified atom stereocenters. The maximum absolute atomic E-state index is 11.5. The fourth-order valence-corrected chi connectivity index (χ4v) is 2.18. The minimum absolute atomic E-state index is 0. The first kappa shape index (κ1) is 18.5. The molecule has 21 heavy (non-hydrogen) atoms. The number of carbonyl (C=O) groups excluding carboxylic acids is 1. The minimum Gasteiger partial charge on any atom is -0.357 e. The average Bonchev–Trinajstić information content (AvgIpc) is 3.30. The van der Waals surface area contributed by atoms with Gasteiger partial charge in [0, 0.05) is 32.1 Å². The number of carbonyl (C=O) groups is 1. The number of hydrogen-bond donors (Lipinski definition) is 3. The molecule has 122 valence electrons. The van der Waals surface area contributed by atoms with E-state index >= 15 is 0 Å². The van der Waals surface area contributed by atoms with Crippen LogP contribution in [0.1, 0.15) is 45.4 Å². The highest BCUT2D eigenvalue weighted by Gasteiger charge is 2.28. The molecule has 6 heteroatoms. The number of rotatable bonds is 9. The second-order valence-corrected chi connectivity index (χ2v) is 5.84. The maximum Gasteiger partial charge on any atom is 0.223 e. The van der Waals surface area contributed by atoms with Crippen molar-refractivity contribution < 1.29 is 4.79 Å². The summed E-state index contributed by atoms with van der Waals surface area (Å²) in [5.74, 6) is 2.35. The van der Waals surface area contributed by atoms with Crippen molar-refractivity contribution in [2.24, 2.45) is 16.8 Å². The summed E-state index contributed by atoms with van der Waals surface area (Å²) >= 11 is 0. The topological polar surface area (TPSA) is 65.5 Å². The molecule has 0 bridgehead atoms. The molecule has 2 aliphatic rings. The second kappa shape index (κ2) is 10.2. The highest BCUT2D eigenvalue weighted by Crippen LogP contribution is 2.33. The summed E-state index contributed by atoms with van der Waals surface area (Å²) in [4.78, 5) is 16.0. The van der Waals surface area contributed by atoms with Crippen molar-refractivity contribution in [2.45, 2.75) is 45.4 Å². The SMILES string of the molecule is CCNC(=NCCCC1CC1)NCCNC(=O)C1CC1.I. The zero-order valence-electron chi connectivity index (χ0n) is 13.0. The van der Waals surface area contributed by atoms with Crippen LogP contribution in [0.5, 0.6) is 0 Å². The van der Waals surface area contributed by atoms with Gasteiger partial charge in [-0.2, -0.15) is 0 Å². The lowest BCUT2D eigenvalue weighted by Gasteiger charge is -2.11. The number of amides is 1. The van der Waals surface area contributed by atoms with Gasteiger partial charge in [0.1, 0.15) is 0 Å². The second-order valence-electron chi connectivity index (χ2n) is 5.84. The van der Waals surface area contributed by atoms with Gasteiger partial charge in [0.25, 0.3) is 0 Å². The van der Waals surface area contributed by atoms with Crippen LogP contribution in [0.3, 0.4) is 0 Å². The van der Waals surface area contributed by atoms with Crippen LogP contribution in [0, 0.1) is 11.8 Å². The summed E-state index contributed by atoms with van der Waals surface area (Å²) in [5.41, 5.74) is 0. The van der Waals surface area contributed by atoms with Gasteiger partial charge in [0.15, 0.2) is 5.96 Å². The number of aliphatic imine (C=N–C) groups is 1. The first-order chi connectivity index (χ1) is 9.79. The quantitative estimate of drug-likeness (QED) is 0.236. The molecule has 0 aromatic heterocycles. The van der Waals surface area contributed by atoms with Gasteiger partial charge in [-0.05, 0) is 38.5 Å². The van der Waals surface area contributed by atoms with Gasteiger partial charge in [0.05, 0.1) is 0 Å². The van der Waals surface area contributed by atoms with Crippen LogP contribution in [-0.4, -0.2) is 38.0 Å². The fourth-order valence-electron chi connectivity index (χ4n) is 2.18. The molecule has 2 fully saturated rings. The highest BCUT2D eigenvalue weighted by molar-refractivity contribution is 14.0. The smallest absolute Gasteiger partial charge is 0.223 e. The van der Waals surface area contributed by atoms with Crippen molar-refractivity contribution in [3.63, 3.8) is 0 Å². The Morgan fingerprint density at radius 3 is 2.43 bits per heavy atom. The van der Waals surface area contributed by atoms with Crippen molar-refractivity contribution in [1.82, 2.24) is 16.0 Å². The number of nitrogens with one attached hydrogen (secondary N) is 3. The number of nitrogens with zero attached hydrogens (tertiary/aromatic N) is 1. The van der Waals surface area contributed by atoms with Crippen LogP contribution in [0.4, 0.5) is 0 Å². The third kappa shape index (κ3) is 8.48. The van der Waals surface area contributed by atoms with E-state index in [1.165, 1.54) is 25.7 Å². The Labute approximate surface area is 145 Å². The Bertz CT molecular complexity index is 341. The van der Waals surface area contributed by atoms with Gasteiger partial charge in [-0.3, -0.25) is 9.79 Å². The molecule has 5 nitrogen and oxygen atoms in total. The summed E-state index contributed by atoms with van der Waals surface area (Å²) in [6, 6.07) is 0. The maximum atomic E-state index is 11.5. The van der Waals surface area contributed by atoms with Crippen LogP contribution < -0.4 is 16.0 Å². The molecule has 0 aromatic rings. The molecule has 0 aliphatic heterocycles. The monoisotopic (exact) mass is 408 g/mol. The lowest BCUT2D eigenvalue weighted by atomic mass is 10.2. The van der Waals surface area contributed by atoms with Gasteiger partial charge >= 0.3 is 0 Å². The number of guanidine groups is 1. The largest absolute Gasteiger partial charge is 0.357 e. The van der Waals surface area contributed by atoms with Crippen molar-refractivity contribution in [3.8, 4) is 0 Å². The van der Waals surface area contributed by atoms with Crippen molar-refractivity contribution in [1.29, 1.82) is 0 Å². The molecule has 0 radical (unpaired) electrons. The Morgan fingerprint density at radius 1 is 1.10 bits per heavy atom. The van der Waals surface area contributed by atoms with Gasteiger partial charge < -0.3 is 16.0 Å². The third-order valence-electron chi connectivity index (χ3n) is 3.75. The average molecular weight is 408 g/mol. The van der Waals surface area contributed by atoms with Crippen LogP contribution in [-0.2, 0) is 4.79 Å². The van der Waals surface area contributed by atoms with E-state index in [1.807, 2.05) is 0 Å². The third-order valence-corrected chi connectivity index (χ3v) is 3.75. The van der Waals surface area contributed by atoms with E-state index < -0.39 is 0 Å². The highest BCUT2D eigenvalue weighted by atomic mass is 127. The zero-order valence-corrected chi connectivity index (χ0v) is 15.3. The van der Waals surface area contributed by atoms with Crippen LogP contribution in [0.25, 0.3) is 0 Å². The Hall–Kier alpha value is -0.530. The zero-order chi connectivity index (χ0) is 14.2. The van der Waals surface area contributed by atoms with Crippen LogP contribution >= 0.6 is 24.0 Å². The predicted octanol–water partition coefficient (Wildman–Crippen LogP) is 1.88. The van der Waals surface area contributed by atoms with Crippen LogP contribution in [0.15, 0.2) is 4.99 Å². The molecule has 0 atom stereocenters. The molecule has 2 aliphatic carbocycles. The summed E-state index contributed by atoms with van der Waals surface area (Å²) in [6.45, 7) is 5.22. The number of halogens is 1. The summed E-state index contributed by atoms with van der Waals surface area (Å²) in [5, 5.41) is 9.45. The lowest BCUT2D eigenvalue weighted by molar-refractivity contribution is -0.122. The minimum atomic E-state index is 0. The molecule has 2 rings (SSSR count). The van der Waals surface area contributed by atoms with Gasteiger partial charge in [-0.1, -0.05) is 12.8 Å². The molecule has 0 aromatic carbocycles. The van der Waals surface area contributed by atoms with E-state index in [9.17, 15) is 4.79 Å². The van der Waals surface area contributed by atoms with E-state index in [0.717, 1.165) is 44.4 Å². The molecular formula is C15H29IN4O. The Morgan fingerprint density at radius 2 is 1.81 bits per heavy atom.